The van der Waals surface area contributed by atoms with Gasteiger partial charge in [0.25, 0.3) is 5.91 Å². The molecule has 6 heteroatoms. The monoisotopic (exact) mass is 254 g/mol. The van der Waals surface area contributed by atoms with Crippen LogP contribution in [0.15, 0.2) is 18.2 Å². The molecule has 0 radical (unpaired) electrons. The van der Waals surface area contributed by atoms with Crippen molar-refractivity contribution >= 4 is 11.8 Å². The minimum absolute atomic E-state index is 0.0467. The zero-order valence-electron chi connectivity index (χ0n) is 10.2. The van der Waals surface area contributed by atoms with Crippen LogP contribution < -0.4 is 11.1 Å². The predicted molar refractivity (Wildman–Crippen MR) is 63.4 cm³/mol. The largest absolute Gasteiger partial charge is 0.507 e. The van der Waals surface area contributed by atoms with E-state index < -0.39 is 34.4 Å². The van der Waals surface area contributed by atoms with E-state index in [0.717, 1.165) is 6.07 Å². The quantitative estimate of drug-likeness (QED) is 0.741. The number of nitrogens with two attached hydrogens (primary N) is 1. The Hall–Kier alpha value is -2.11. The van der Waals surface area contributed by atoms with E-state index >= 15 is 0 Å². The van der Waals surface area contributed by atoms with Crippen LogP contribution in [0.3, 0.4) is 0 Å². The molecular formula is C12H15FN2O3. The van der Waals surface area contributed by atoms with Gasteiger partial charge in [0, 0.05) is 6.54 Å². The summed E-state index contributed by atoms with van der Waals surface area (Å²) in [5.41, 5.74) is 3.75. The molecule has 1 rings (SSSR count). The molecule has 0 aromatic heterocycles. The average Bonchev–Trinajstić information content (AvgIpc) is 2.26. The van der Waals surface area contributed by atoms with E-state index in [4.69, 9.17) is 5.73 Å². The maximum absolute atomic E-state index is 13.4. The molecule has 1 aromatic rings. The van der Waals surface area contributed by atoms with E-state index in [2.05, 4.69) is 5.32 Å². The number of phenols is 1. The number of nitrogens with one attached hydrogen (secondary N) is 1. The Kier molecular flexibility index (Phi) is 3.90. The summed E-state index contributed by atoms with van der Waals surface area (Å²) in [5.74, 6) is -2.66. The lowest BCUT2D eigenvalue weighted by Crippen LogP contribution is -2.42. The Morgan fingerprint density at radius 1 is 1.44 bits per heavy atom. The lowest BCUT2D eigenvalue weighted by atomic mass is 9.92. The van der Waals surface area contributed by atoms with Gasteiger partial charge in [0.15, 0.2) is 0 Å². The molecule has 0 aliphatic heterocycles. The molecule has 18 heavy (non-hydrogen) atoms. The smallest absolute Gasteiger partial charge is 0.258 e. The van der Waals surface area contributed by atoms with Crippen LogP contribution in [0.4, 0.5) is 4.39 Å². The fourth-order valence-electron chi connectivity index (χ4n) is 1.21. The highest BCUT2D eigenvalue weighted by Gasteiger charge is 2.26. The van der Waals surface area contributed by atoms with Gasteiger partial charge in [-0.3, -0.25) is 9.59 Å². The third-order valence-corrected chi connectivity index (χ3v) is 2.58. The fourth-order valence-corrected chi connectivity index (χ4v) is 1.21. The molecule has 4 N–H and O–H groups in total. The lowest BCUT2D eigenvalue weighted by Gasteiger charge is -2.20. The van der Waals surface area contributed by atoms with Crippen molar-refractivity contribution in [3.63, 3.8) is 0 Å². The highest BCUT2D eigenvalue weighted by molar-refractivity contribution is 5.97. The van der Waals surface area contributed by atoms with E-state index in [0.29, 0.717) is 0 Å². The van der Waals surface area contributed by atoms with Crippen LogP contribution in [0.2, 0.25) is 0 Å². The van der Waals surface area contributed by atoms with Crippen molar-refractivity contribution in [2.45, 2.75) is 13.8 Å². The molecule has 1 aromatic carbocycles. The Labute approximate surface area is 104 Å². The SMILES string of the molecule is CC(C)(CNC(=O)c1c(O)cccc1F)C(N)=O. The van der Waals surface area contributed by atoms with Gasteiger partial charge in [0.2, 0.25) is 5.91 Å². The van der Waals surface area contributed by atoms with E-state index in [1.807, 2.05) is 0 Å². The lowest BCUT2D eigenvalue weighted by molar-refractivity contribution is -0.125. The second-order valence-corrected chi connectivity index (χ2v) is 4.56. The minimum atomic E-state index is -0.948. The third-order valence-electron chi connectivity index (χ3n) is 2.58. The summed E-state index contributed by atoms with van der Waals surface area (Å²) in [6.07, 6.45) is 0. The van der Waals surface area contributed by atoms with Gasteiger partial charge in [-0.2, -0.15) is 0 Å². The molecule has 0 unspecified atom stereocenters. The topological polar surface area (TPSA) is 92.4 Å². The first kappa shape index (κ1) is 14.0. The molecule has 0 fully saturated rings. The van der Waals surface area contributed by atoms with E-state index in [9.17, 15) is 19.1 Å². The van der Waals surface area contributed by atoms with Crippen molar-refractivity contribution in [1.29, 1.82) is 0 Å². The van der Waals surface area contributed by atoms with Crippen LogP contribution in [0.1, 0.15) is 24.2 Å². The summed E-state index contributed by atoms with van der Waals surface area (Å²) in [6.45, 7) is 3.06. The number of carbonyl (C=O) groups excluding carboxylic acids is 2. The summed E-state index contributed by atoms with van der Waals surface area (Å²) in [7, 11) is 0. The van der Waals surface area contributed by atoms with Crippen LogP contribution in [0.5, 0.6) is 5.75 Å². The van der Waals surface area contributed by atoms with Crippen LogP contribution in [-0.4, -0.2) is 23.5 Å². The molecule has 98 valence electrons. The summed E-state index contributed by atoms with van der Waals surface area (Å²) < 4.78 is 13.4. The van der Waals surface area contributed by atoms with Crippen molar-refractivity contribution in [3.8, 4) is 5.75 Å². The normalized spacial score (nSPS) is 11.1. The molecule has 0 bridgehead atoms. The third kappa shape index (κ3) is 2.97. The predicted octanol–water partition coefficient (Wildman–Crippen LogP) is 0.773. The number of aromatic hydroxyl groups is 1. The summed E-state index contributed by atoms with van der Waals surface area (Å²) in [5, 5.41) is 11.8. The second kappa shape index (κ2) is 5.03. The fraction of sp³-hybridized carbons (Fsp3) is 0.333. The van der Waals surface area contributed by atoms with Gasteiger partial charge in [0.05, 0.1) is 5.41 Å². The number of amides is 2. The maximum atomic E-state index is 13.4. The molecule has 0 atom stereocenters. The van der Waals surface area contributed by atoms with Gasteiger partial charge in [-0.1, -0.05) is 6.07 Å². The van der Waals surface area contributed by atoms with E-state index in [1.54, 1.807) is 13.8 Å². The van der Waals surface area contributed by atoms with Crippen molar-refractivity contribution in [3.05, 3.63) is 29.6 Å². The molecule has 5 nitrogen and oxygen atoms in total. The van der Waals surface area contributed by atoms with Crippen LogP contribution in [-0.2, 0) is 4.79 Å². The van der Waals surface area contributed by atoms with Crippen molar-refractivity contribution in [1.82, 2.24) is 5.32 Å². The van der Waals surface area contributed by atoms with Crippen LogP contribution in [0, 0.1) is 11.2 Å². The number of benzene rings is 1. The maximum Gasteiger partial charge on any atom is 0.258 e. The Morgan fingerprint density at radius 2 is 2.06 bits per heavy atom. The summed E-state index contributed by atoms with van der Waals surface area (Å²) in [6, 6.07) is 3.56. The van der Waals surface area contributed by atoms with Gasteiger partial charge in [-0.05, 0) is 26.0 Å². The van der Waals surface area contributed by atoms with Crippen LogP contribution in [0.25, 0.3) is 0 Å². The molecule has 0 saturated heterocycles. The van der Waals surface area contributed by atoms with Gasteiger partial charge < -0.3 is 16.2 Å². The molecule has 2 amide bonds. The van der Waals surface area contributed by atoms with Crippen molar-refractivity contribution in [2.75, 3.05) is 6.54 Å². The zero-order chi connectivity index (χ0) is 13.9. The Bertz CT molecular complexity index is 466. The number of hydrogen-bond donors (Lipinski definition) is 3. The van der Waals surface area contributed by atoms with Crippen molar-refractivity contribution < 1.29 is 19.1 Å². The Balaban J connectivity index is 2.82. The molecular weight excluding hydrogens is 239 g/mol. The highest BCUT2D eigenvalue weighted by Crippen LogP contribution is 2.20. The first-order valence-corrected chi connectivity index (χ1v) is 5.31. The van der Waals surface area contributed by atoms with Gasteiger partial charge >= 0.3 is 0 Å². The van der Waals surface area contributed by atoms with E-state index in [-0.39, 0.29) is 6.54 Å². The van der Waals surface area contributed by atoms with Crippen LogP contribution >= 0.6 is 0 Å². The number of rotatable bonds is 4. The number of hydrogen-bond acceptors (Lipinski definition) is 3. The number of halogens is 1. The van der Waals surface area contributed by atoms with Gasteiger partial charge in [-0.15, -0.1) is 0 Å². The number of phenolic OH excluding ortho intramolecular Hbond substituents is 1. The highest BCUT2D eigenvalue weighted by atomic mass is 19.1. The van der Waals surface area contributed by atoms with Gasteiger partial charge in [0.1, 0.15) is 17.1 Å². The Morgan fingerprint density at radius 3 is 2.56 bits per heavy atom. The average molecular weight is 254 g/mol. The standard InChI is InChI=1S/C12H15FN2O3/c1-12(2,11(14)18)6-15-10(17)9-7(13)4-3-5-8(9)16/h3-5,16H,6H2,1-2H3,(H2,14,18)(H,15,17). The molecule has 0 saturated carbocycles. The molecule has 0 heterocycles. The number of carbonyl (C=O) groups is 2. The van der Waals surface area contributed by atoms with Crippen molar-refractivity contribution in [2.24, 2.45) is 11.1 Å². The first-order chi connectivity index (χ1) is 8.25. The number of primary amides is 1. The minimum Gasteiger partial charge on any atom is -0.507 e. The van der Waals surface area contributed by atoms with Gasteiger partial charge in [-0.25, -0.2) is 4.39 Å². The first-order valence-electron chi connectivity index (χ1n) is 5.31. The molecule has 0 spiro atoms. The molecule has 0 aliphatic rings. The second-order valence-electron chi connectivity index (χ2n) is 4.56. The molecule has 0 aliphatic carbocycles. The summed E-state index contributed by atoms with van der Waals surface area (Å²) >= 11 is 0. The van der Waals surface area contributed by atoms with E-state index in [1.165, 1.54) is 12.1 Å². The zero-order valence-corrected chi connectivity index (χ0v) is 10.2. The summed E-state index contributed by atoms with van der Waals surface area (Å²) in [4.78, 5) is 22.7.